The molecule has 138 valence electrons. The second kappa shape index (κ2) is 9.31. The van der Waals surface area contributed by atoms with Crippen LogP contribution >= 0.6 is 0 Å². The molecule has 0 saturated heterocycles. The number of ether oxygens (including phenoxy) is 3. The number of hydrogen-bond donors (Lipinski definition) is 2. The van der Waals surface area contributed by atoms with Crippen LogP contribution < -0.4 is 24.8 Å². The predicted molar refractivity (Wildman–Crippen MR) is 98.1 cm³/mol. The molecule has 2 amide bonds. The molecule has 0 bridgehead atoms. The van der Waals surface area contributed by atoms with Gasteiger partial charge in [0.25, 0.3) is 11.8 Å². The highest BCUT2D eigenvalue weighted by Gasteiger charge is 2.13. The Morgan fingerprint density at radius 3 is 2.38 bits per heavy atom. The number of nitrogens with one attached hydrogen (secondary N) is 2. The SMILES string of the molecule is CCNC(=O)c1ccc(OCC(=O)Nc2ccccc2OC)c(OC)c1. The molecule has 0 aliphatic heterocycles. The molecule has 2 aromatic carbocycles. The van der Waals surface area contributed by atoms with Crippen LogP contribution in [0, 0.1) is 0 Å². The van der Waals surface area contributed by atoms with Gasteiger partial charge in [-0.15, -0.1) is 0 Å². The predicted octanol–water partition coefficient (Wildman–Crippen LogP) is 2.47. The Kier molecular flexibility index (Phi) is 6.84. The zero-order valence-electron chi connectivity index (χ0n) is 15.0. The van der Waals surface area contributed by atoms with Gasteiger partial charge in [0.15, 0.2) is 18.1 Å². The first-order chi connectivity index (χ1) is 12.6. The number of methoxy groups -OCH3 is 2. The van der Waals surface area contributed by atoms with E-state index in [0.717, 1.165) is 0 Å². The van der Waals surface area contributed by atoms with Crippen LogP contribution in [0.3, 0.4) is 0 Å². The summed E-state index contributed by atoms with van der Waals surface area (Å²) in [5, 5.41) is 5.43. The van der Waals surface area contributed by atoms with Gasteiger partial charge in [-0.3, -0.25) is 9.59 Å². The fourth-order valence-electron chi connectivity index (χ4n) is 2.27. The molecule has 0 fully saturated rings. The van der Waals surface area contributed by atoms with Crippen LogP contribution in [0.5, 0.6) is 17.2 Å². The highest BCUT2D eigenvalue weighted by atomic mass is 16.5. The van der Waals surface area contributed by atoms with E-state index in [1.54, 1.807) is 36.4 Å². The first-order valence-electron chi connectivity index (χ1n) is 8.11. The van der Waals surface area contributed by atoms with Crippen molar-refractivity contribution in [2.45, 2.75) is 6.92 Å². The smallest absolute Gasteiger partial charge is 0.262 e. The van der Waals surface area contributed by atoms with Crippen LogP contribution in [0.15, 0.2) is 42.5 Å². The Morgan fingerprint density at radius 2 is 1.69 bits per heavy atom. The summed E-state index contributed by atoms with van der Waals surface area (Å²) in [5.41, 5.74) is 1.01. The van der Waals surface area contributed by atoms with Crippen molar-refractivity contribution in [2.75, 3.05) is 32.7 Å². The number of carbonyl (C=O) groups excluding carboxylic acids is 2. The van der Waals surface area contributed by atoms with E-state index in [-0.39, 0.29) is 18.4 Å². The molecule has 0 aliphatic carbocycles. The maximum absolute atomic E-state index is 12.1. The van der Waals surface area contributed by atoms with Crippen LogP contribution in [0.25, 0.3) is 0 Å². The number of amides is 2. The molecule has 0 radical (unpaired) electrons. The summed E-state index contributed by atoms with van der Waals surface area (Å²) < 4.78 is 16.0. The summed E-state index contributed by atoms with van der Waals surface area (Å²) in [6.07, 6.45) is 0. The lowest BCUT2D eigenvalue weighted by atomic mass is 10.2. The van der Waals surface area contributed by atoms with Gasteiger partial charge in [0.05, 0.1) is 19.9 Å². The number of para-hydroxylation sites is 2. The Bertz CT molecular complexity index is 776. The van der Waals surface area contributed by atoms with Crippen LogP contribution in [0.2, 0.25) is 0 Å². The molecule has 7 nitrogen and oxygen atoms in total. The molecule has 0 aliphatic rings. The second-order valence-corrected chi connectivity index (χ2v) is 5.26. The Labute approximate surface area is 152 Å². The van der Waals surface area contributed by atoms with Gasteiger partial charge in [-0.1, -0.05) is 12.1 Å². The fourth-order valence-corrected chi connectivity index (χ4v) is 2.27. The third-order valence-electron chi connectivity index (χ3n) is 3.50. The van der Waals surface area contributed by atoms with E-state index in [9.17, 15) is 9.59 Å². The third-order valence-corrected chi connectivity index (χ3v) is 3.50. The van der Waals surface area contributed by atoms with Crippen LogP contribution in [0.4, 0.5) is 5.69 Å². The zero-order chi connectivity index (χ0) is 18.9. The lowest BCUT2D eigenvalue weighted by Crippen LogP contribution is -2.23. The highest BCUT2D eigenvalue weighted by molar-refractivity contribution is 5.95. The molecule has 0 heterocycles. The van der Waals surface area contributed by atoms with Gasteiger partial charge in [-0.2, -0.15) is 0 Å². The number of carbonyl (C=O) groups is 2. The molecule has 0 unspecified atom stereocenters. The zero-order valence-corrected chi connectivity index (χ0v) is 15.0. The number of hydrogen-bond acceptors (Lipinski definition) is 5. The molecule has 26 heavy (non-hydrogen) atoms. The van der Waals surface area contributed by atoms with Crippen molar-refractivity contribution in [3.05, 3.63) is 48.0 Å². The van der Waals surface area contributed by atoms with E-state index in [4.69, 9.17) is 14.2 Å². The minimum atomic E-state index is -0.343. The van der Waals surface area contributed by atoms with Gasteiger partial charge < -0.3 is 24.8 Å². The molecule has 2 rings (SSSR count). The van der Waals surface area contributed by atoms with Gasteiger partial charge in [0, 0.05) is 12.1 Å². The van der Waals surface area contributed by atoms with Crippen molar-refractivity contribution in [2.24, 2.45) is 0 Å². The number of rotatable bonds is 8. The normalized spacial score (nSPS) is 9.96. The summed E-state index contributed by atoms with van der Waals surface area (Å²) in [5.74, 6) is 0.759. The lowest BCUT2D eigenvalue weighted by Gasteiger charge is -2.13. The quantitative estimate of drug-likeness (QED) is 0.757. The molecule has 2 aromatic rings. The molecule has 0 saturated carbocycles. The fraction of sp³-hybridized carbons (Fsp3) is 0.263. The highest BCUT2D eigenvalue weighted by Crippen LogP contribution is 2.28. The molecule has 2 N–H and O–H groups in total. The first kappa shape index (κ1) is 19.1. The molecule has 0 spiro atoms. The lowest BCUT2D eigenvalue weighted by molar-refractivity contribution is -0.118. The minimum Gasteiger partial charge on any atom is -0.495 e. The van der Waals surface area contributed by atoms with E-state index < -0.39 is 0 Å². The molecule has 0 atom stereocenters. The Hall–Kier alpha value is -3.22. The molecular formula is C19H22N2O5. The maximum atomic E-state index is 12.1. The molecular weight excluding hydrogens is 336 g/mol. The summed E-state index contributed by atoms with van der Waals surface area (Å²) in [6, 6.07) is 11.9. The number of anilines is 1. The maximum Gasteiger partial charge on any atom is 0.262 e. The topological polar surface area (TPSA) is 85.9 Å². The molecule has 7 heteroatoms. The largest absolute Gasteiger partial charge is 0.495 e. The van der Waals surface area contributed by atoms with E-state index >= 15 is 0 Å². The van der Waals surface area contributed by atoms with Crippen LogP contribution in [0.1, 0.15) is 17.3 Å². The summed E-state index contributed by atoms with van der Waals surface area (Å²) in [7, 11) is 3.00. The monoisotopic (exact) mass is 358 g/mol. The Morgan fingerprint density at radius 1 is 0.962 bits per heavy atom. The average Bonchev–Trinajstić information content (AvgIpc) is 2.66. The van der Waals surface area contributed by atoms with E-state index in [1.807, 2.05) is 13.0 Å². The van der Waals surface area contributed by atoms with Crippen molar-refractivity contribution in [1.29, 1.82) is 0 Å². The first-order valence-corrected chi connectivity index (χ1v) is 8.11. The van der Waals surface area contributed by atoms with Gasteiger partial charge in [0.1, 0.15) is 5.75 Å². The second-order valence-electron chi connectivity index (χ2n) is 5.26. The average molecular weight is 358 g/mol. The summed E-state index contributed by atoms with van der Waals surface area (Å²) >= 11 is 0. The van der Waals surface area contributed by atoms with E-state index in [1.165, 1.54) is 14.2 Å². The minimum absolute atomic E-state index is 0.203. The van der Waals surface area contributed by atoms with E-state index in [2.05, 4.69) is 10.6 Å². The van der Waals surface area contributed by atoms with E-state index in [0.29, 0.717) is 35.0 Å². The van der Waals surface area contributed by atoms with Crippen molar-refractivity contribution in [3.63, 3.8) is 0 Å². The standard InChI is InChI=1S/C19H22N2O5/c1-4-20-19(23)13-9-10-16(17(11-13)25-3)26-12-18(22)21-14-7-5-6-8-15(14)24-2/h5-11H,4,12H2,1-3H3,(H,20,23)(H,21,22). The summed E-state index contributed by atoms with van der Waals surface area (Å²) in [6.45, 7) is 2.16. The van der Waals surface area contributed by atoms with Gasteiger partial charge in [-0.05, 0) is 37.3 Å². The molecule has 0 aromatic heterocycles. The van der Waals surface area contributed by atoms with Crippen LogP contribution in [-0.2, 0) is 4.79 Å². The van der Waals surface area contributed by atoms with Gasteiger partial charge in [0.2, 0.25) is 0 Å². The number of benzene rings is 2. The van der Waals surface area contributed by atoms with Gasteiger partial charge >= 0.3 is 0 Å². The van der Waals surface area contributed by atoms with Gasteiger partial charge in [-0.25, -0.2) is 0 Å². The third kappa shape index (κ3) is 4.89. The van der Waals surface area contributed by atoms with Crippen molar-refractivity contribution in [1.82, 2.24) is 5.32 Å². The van der Waals surface area contributed by atoms with Crippen molar-refractivity contribution >= 4 is 17.5 Å². The van der Waals surface area contributed by atoms with Crippen LogP contribution in [-0.4, -0.2) is 39.2 Å². The summed E-state index contributed by atoms with van der Waals surface area (Å²) in [4.78, 5) is 24.0. The van der Waals surface area contributed by atoms with Crippen molar-refractivity contribution < 1.29 is 23.8 Å². The van der Waals surface area contributed by atoms with Crippen molar-refractivity contribution in [3.8, 4) is 17.2 Å². The Balaban J connectivity index is 2.02.